The van der Waals surface area contributed by atoms with Crippen molar-refractivity contribution in [1.82, 2.24) is 10.2 Å². The highest BCUT2D eigenvalue weighted by Crippen LogP contribution is 2.16. The van der Waals surface area contributed by atoms with Crippen LogP contribution in [0.3, 0.4) is 0 Å². The molecule has 1 heterocycles. The van der Waals surface area contributed by atoms with E-state index in [1.807, 2.05) is 18.2 Å². The van der Waals surface area contributed by atoms with Crippen LogP contribution in [0, 0.1) is 0 Å². The Kier molecular flexibility index (Phi) is 5.68. The number of hydrogen-bond acceptors (Lipinski definition) is 4. The molecule has 0 radical (unpaired) electrons. The zero-order valence-corrected chi connectivity index (χ0v) is 14.8. The Bertz CT molecular complexity index is 715. The number of hydrogen-bond donors (Lipinski definition) is 2. The van der Waals surface area contributed by atoms with E-state index in [0.29, 0.717) is 11.6 Å². The highest BCUT2D eigenvalue weighted by Gasteiger charge is 2.15. The summed E-state index contributed by atoms with van der Waals surface area (Å²) in [7, 11) is 1.61. The maximum Gasteiger partial charge on any atom is 0.255 e. The predicted octanol–water partition coefficient (Wildman–Crippen LogP) is 2.74. The van der Waals surface area contributed by atoms with Gasteiger partial charge in [-0.1, -0.05) is 12.1 Å². The molecule has 25 heavy (non-hydrogen) atoms. The van der Waals surface area contributed by atoms with Crippen molar-refractivity contribution in [3.8, 4) is 5.75 Å². The van der Waals surface area contributed by atoms with Crippen LogP contribution < -0.4 is 15.4 Å². The van der Waals surface area contributed by atoms with Crippen LogP contribution in [0.2, 0.25) is 0 Å². The quantitative estimate of drug-likeness (QED) is 0.879. The van der Waals surface area contributed by atoms with E-state index in [0.717, 1.165) is 37.6 Å². The van der Waals surface area contributed by atoms with Crippen LogP contribution in [0.5, 0.6) is 5.75 Å². The number of carbonyl (C=O) groups excluding carboxylic acids is 1. The molecule has 132 valence electrons. The lowest BCUT2D eigenvalue weighted by molar-refractivity contribution is 0.102. The number of piperazine rings is 1. The second-order valence-electron chi connectivity index (χ2n) is 6.47. The van der Waals surface area contributed by atoms with Gasteiger partial charge in [-0.2, -0.15) is 0 Å². The van der Waals surface area contributed by atoms with Crippen molar-refractivity contribution in [3.05, 3.63) is 59.7 Å². The highest BCUT2D eigenvalue weighted by atomic mass is 16.5. The molecular weight excluding hydrogens is 314 g/mol. The molecule has 2 aromatic carbocycles. The molecule has 0 spiro atoms. The van der Waals surface area contributed by atoms with Gasteiger partial charge >= 0.3 is 0 Å². The van der Waals surface area contributed by atoms with Crippen molar-refractivity contribution in [2.75, 3.05) is 32.1 Å². The van der Waals surface area contributed by atoms with Crippen LogP contribution in [0.1, 0.15) is 22.8 Å². The number of carbonyl (C=O) groups is 1. The first-order valence-corrected chi connectivity index (χ1v) is 8.64. The Morgan fingerprint density at radius 3 is 2.80 bits per heavy atom. The smallest absolute Gasteiger partial charge is 0.255 e. The van der Waals surface area contributed by atoms with Crippen LogP contribution in [0.15, 0.2) is 48.5 Å². The fourth-order valence-corrected chi connectivity index (χ4v) is 3.11. The highest BCUT2D eigenvalue weighted by molar-refractivity contribution is 6.04. The molecule has 1 amide bonds. The van der Waals surface area contributed by atoms with Gasteiger partial charge in [0.1, 0.15) is 5.75 Å². The van der Waals surface area contributed by atoms with Crippen molar-refractivity contribution in [2.24, 2.45) is 0 Å². The van der Waals surface area contributed by atoms with Crippen LogP contribution in [-0.4, -0.2) is 43.6 Å². The van der Waals surface area contributed by atoms with Gasteiger partial charge in [-0.15, -0.1) is 0 Å². The van der Waals surface area contributed by atoms with E-state index in [2.05, 4.69) is 28.5 Å². The molecule has 0 bridgehead atoms. The summed E-state index contributed by atoms with van der Waals surface area (Å²) < 4.78 is 5.12. The molecule has 0 unspecified atom stereocenters. The number of rotatable bonds is 5. The predicted molar refractivity (Wildman–Crippen MR) is 100 cm³/mol. The fourth-order valence-electron chi connectivity index (χ4n) is 3.11. The Hall–Kier alpha value is -2.37. The summed E-state index contributed by atoms with van der Waals surface area (Å²) >= 11 is 0. The van der Waals surface area contributed by atoms with Crippen molar-refractivity contribution < 1.29 is 9.53 Å². The lowest BCUT2D eigenvalue weighted by atomic mass is 10.1. The van der Waals surface area contributed by atoms with Gasteiger partial charge in [0.05, 0.1) is 7.11 Å². The van der Waals surface area contributed by atoms with E-state index in [-0.39, 0.29) is 5.91 Å². The van der Waals surface area contributed by atoms with E-state index >= 15 is 0 Å². The van der Waals surface area contributed by atoms with Crippen molar-refractivity contribution in [3.63, 3.8) is 0 Å². The maximum absolute atomic E-state index is 12.4. The topological polar surface area (TPSA) is 53.6 Å². The minimum Gasteiger partial charge on any atom is -0.497 e. The Morgan fingerprint density at radius 2 is 2.08 bits per heavy atom. The van der Waals surface area contributed by atoms with Gasteiger partial charge in [0.25, 0.3) is 5.91 Å². The number of anilines is 1. The number of ether oxygens (including phenoxy) is 1. The summed E-state index contributed by atoms with van der Waals surface area (Å²) in [6, 6.07) is 15.7. The van der Waals surface area contributed by atoms with Gasteiger partial charge < -0.3 is 15.4 Å². The summed E-state index contributed by atoms with van der Waals surface area (Å²) in [5.74, 6) is 0.624. The standard InChI is InChI=1S/C20H25N3O2/c1-15-13-23(11-10-21-15)14-16-4-3-5-18(12-16)22-20(24)17-6-8-19(25-2)9-7-17/h3-9,12,15,21H,10-11,13-14H2,1-2H3,(H,22,24)/t15-/m1/s1. The van der Waals surface area contributed by atoms with Gasteiger partial charge in [-0.25, -0.2) is 0 Å². The van der Waals surface area contributed by atoms with E-state index in [4.69, 9.17) is 4.74 Å². The fraction of sp³-hybridized carbons (Fsp3) is 0.350. The first kappa shape index (κ1) is 17.5. The van der Waals surface area contributed by atoms with Gasteiger partial charge in [-0.3, -0.25) is 9.69 Å². The number of methoxy groups -OCH3 is 1. The SMILES string of the molecule is COc1ccc(C(=O)Nc2cccc(CN3CCN[C@H](C)C3)c2)cc1. The second-order valence-corrected chi connectivity index (χ2v) is 6.47. The average molecular weight is 339 g/mol. The average Bonchev–Trinajstić information content (AvgIpc) is 2.62. The Balaban J connectivity index is 1.63. The van der Waals surface area contributed by atoms with Crippen LogP contribution in [0.4, 0.5) is 5.69 Å². The zero-order valence-electron chi connectivity index (χ0n) is 14.8. The molecule has 2 N–H and O–H groups in total. The lowest BCUT2D eigenvalue weighted by Gasteiger charge is -2.31. The summed E-state index contributed by atoms with van der Waals surface area (Å²) in [6.07, 6.45) is 0. The van der Waals surface area contributed by atoms with Crippen molar-refractivity contribution in [2.45, 2.75) is 19.5 Å². The molecule has 5 nitrogen and oxygen atoms in total. The maximum atomic E-state index is 12.4. The molecule has 2 aromatic rings. The van der Waals surface area contributed by atoms with E-state index in [1.54, 1.807) is 31.4 Å². The minimum absolute atomic E-state index is 0.115. The summed E-state index contributed by atoms with van der Waals surface area (Å²) in [4.78, 5) is 14.8. The van der Waals surface area contributed by atoms with E-state index in [9.17, 15) is 4.79 Å². The molecule has 0 aliphatic carbocycles. The number of nitrogens with zero attached hydrogens (tertiary/aromatic N) is 1. The van der Waals surface area contributed by atoms with Crippen molar-refractivity contribution >= 4 is 11.6 Å². The molecule has 1 saturated heterocycles. The molecule has 0 saturated carbocycles. The van der Waals surface area contributed by atoms with Gasteiger partial charge in [0.15, 0.2) is 0 Å². The molecule has 1 fully saturated rings. The van der Waals surface area contributed by atoms with Crippen LogP contribution in [-0.2, 0) is 6.54 Å². The summed E-state index contributed by atoms with van der Waals surface area (Å²) in [5.41, 5.74) is 2.64. The van der Waals surface area contributed by atoms with Gasteiger partial charge in [0, 0.05) is 43.5 Å². The summed E-state index contributed by atoms with van der Waals surface area (Å²) in [5, 5.41) is 6.43. The lowest BCUT2D eigenvalue weighted by Crippen LogP contribution is -2.48. The van der Waals surface area contributed by atoms with Crippen LogP contribution >= 0.6 is 0 Å². The molecule has 1 atom stereocenters. The van der Waals surface area contributed by atoms with Gasteiger partial charge in [0.2, 0.25) is 0 Å². The molecular formula is C20H25N3O2. The van der Waals surface area contributed by atoms with E-state index in [1.165, 1.54) is 5.56 Å². The second kappa shape index (κ2) is 8.14. The number of amides is 1. The third-order valence-corrected chi connectivity index (χ3v) is 4.40. The monoisotopic (exact) mass is 339 g/mol. The molecule has 0 aromatic heterocycles. The largest absolute Gasteiger partial charge is 0.497 e. The summed E-state index contributed by atoms with van der Waals surface area (Å²) in [6.45, 7) is 6.22. The third kappa shape index (κ3) is 4.81. The number of nitrogens with one attached hydrogen (secondary N) is 2. The van der Waals surface area contributed by atoms with E-state index < -0.39 is 0 Å². The third-order valence-electron chi connectivity index (χ3n) is 4.40. The molecule has 3 rings (SSSR count). The molecule has 1 aliphatic heterocycles. The number of benzene rings is 2. The normalized spacial score (nSPS) is 17.9. The zero-order chi connectivity index (χ0) is 17.6. The molecule has 5 heteroatoms. The van der Waals surface area contributed by atoms with Crippen molar-refractivity contribution in [1.29, 1.82) is 0 Å². The Morgan fingerprint density at radius 1 is 1.28 bits per heavy atom. The van der Waals surface area contributed by atoms with Crippen LogP contribution in [0.25, 0.3) is 0 Å². The van der Waals surface area contributed by atoms with Gasteiger partial charge in [-0.05, 0) is 48.9 Å². The molecule has 1 aliphatic rings. The minimum atomic E-state index is -0.115. The first-order chi connectivity index (χ1) is 12.1. The first-order valence-electron chi connectivity index (χ1n) is 8.64. The Labute approximate surface area is 149 Å².